The number of carbonyl (C=O) groups is 1. The molecule has 2 atom stereocenters. The second kappa shape index (κ2) is 8.25. The molecule has 1 aromatic carbocycles. The van der Waals surface area contributed by atoms with Crippen LogP contribution in [0, 0.1) is 22.0 Å². The zero-order valence-electron chi connectivity index (χ0n) is 16.6. The second-order valence-corrected chi connectivity index (χ2v) is 8.26. The number of carbonyl (C=O) groups excluding carboxylic acids is 1. The van der Waals surface area contributed by atoms with E-state index in [4.69, 9.17) is 0 Å². The van der Waals surface area contributed by atoms with E-state index < -0.39 is 0 Å². The molecule has 0 aliphatic carbocycles. The minimum atomic E-state index is -0.355. The first-order valence-corrected chi connectivity index (χ1v) is 9.86. The van der Waals surface area contributed by atoms with Gasteiger partial charge in [0.05, 0.1) is 4.92 Å². The number of likely N-dealkylation sites (N-methyl/N-ethyl adjacent to an activating group) is 1. The molecule has 1 amide bonds. The Morgan fingerprint density at radius 3 is 2.48 bits per heavy atom. The lowest BCUT2D eigenvalue weighted by atomic mass is 9.91. The fraction of sp³-hybridized carbons (Fsp3) is 0.650. The molecule has 3 rings (SSSR count). The number of anilines is 1. The maximum atomic E-state index is 12.9. The monoisotopic (exact) mass is 374 g/mol. The van der Waals surface area contributed by atoms with E-state index in [1.807, 2.05) is 11.9 Å². The lowest BCUT2D eigenvalue weighted by Crippen LogP contribution is -2.39. The Bertz CT molecular complexity index is 698. The van der Waals surface area contributed by atoms with Crippen LogP contribution in [0.1, 0.15) is 37.0 Å². The maximum absolute atomic E-state index is 12.9. The van der Waals surface area contributed by atoms with Gasteiger partial charge in [-0.1, -0.05) is 13.8 Å². The van der Waals surface area contributed by atoms with E-state index in [1.165, 1.54) is 6.07 Å². The van der Waals surface area contributed by atoms with E-state index in [0.717, 1.165) is 39.0 Å². The van der Waals surface area contributed by atoms with E-state index in [-0.39, 0.29) is 16.5 Å². The molecule has 0 N–H and O–H groups in total. The minimum Gasteiger partial charge on any atom is -0.365 e. The van der Waals surface area contributed by atoms with Crippen LogP contribution in [0.25, 0.3) is 0 Å². The highest BCUT2D eigenvalue weighted by Crippen LogP contribution is 2.34. The van der Waals surface area contributed by atoms with Gasteiger partial charge in [-0.05, 0) is 50.4 Å². The Kier molecular flexibility index (Phi) is 5.99. The molecule has 0 aromatic heterocycles. The molecule has 2 saturated heterocycles. The van der Waals surface area contributed by atoms with Crippen LogP contribution in [0.15, 0.2) is 18.2 Å². The van der Waals surface area contributed by atoms with Gasteiger partial charge in [0, 0.05) is 44.4 Å². The van der Waals surface area contributed by atoms with Gasteiger partial charge in [0.15, 0.2) is 0 Å². The van der Waals surface area contributed by atoms with Crippen LogP contribution in [0.3, 0.4) is 0 Å². The van der Waals surface area contributed by atoms with Crippen molar-refractivity contribution >= 4 is 17.3 Å². The number of piperidine rings is 1. The van der Waals surface area contributed by atoms with Gasteiger partial charge in [0.1, 0.15) is 5.69 Å². The topological polar surface area (TPSA) is 69.9 Å². The number of benzene rings is 1. The van der Waals surface area contributed by atoms with Gasteiger partial charge in [-0.2, -0.15) is 0 Å². The zero-order valence-corrected chi connectivity index (χ0v) is 16.6. The first-order chi connectivity index (χ1) is 12.8. The predicted octanol–water partition coefficient (Wildman–Crippen LogP) is 2.85. The highest BCUT2D eigenvalue weighted by Gasteiger charge is 2.28. The summed E-state index contributed by atoms with van der Waals surface area (Å²) in [6, 6.07) is 4.99. The van der Waals surface area contributed by atoms with Crippen molar-refractivity contribution < 1.29 is 9.72 Å². The van der Waals surface area contributed by atoms with Gasteiger partial charge < -0.3 is 14.7 Å². The van der Waals surface area contributed by atoms with Crippen LogP contribution in [0.5, 0.6) is 0 Å². The van der Waals surface area contributed by atoms with Gasteiger partial charge >= 0.3 is 0 Å². The van der Waals surface area contributed by atoms with Gasteiger partial charge in [0.25, 0.3) is 11.6 Å². The average molecular weight is 374 g/mol. The Morgan fingerprint density at radius 2 is 1.81 bits per heavy atom. The molecule has 27 heavy (non-hydrogen) atoms. The molecule has 2 fully saturated rings. The van der Waals surface area contributed by atoms with Gasteiger partial charge in [-0.3, -0.25) is 14.9 Å². The van der Waals surface area contributed by atoms with Crippen molar-refractivity contribution in [3.63, 3.8) is 0 Å². The molecule has 0 spiro atoms. The number of hydrogen-bond acceptors (Lipinski definition) is 5. The van der Waals surface area contributed by atoms with Crippen LogP contribution < -0.4 is 4.90 Å². The zero-order chi connectivity index (χ0) is 19.6. The Morgan fingerprint density at radius 1 is 1.11 bits per heavy atom. The van der Waals surface area contributed by atoms with E-state index >= 15 is 0 Å². The molecule has 0 radical (unpaired) electrons. The SMILES string of the molecule is CC1CC(C)CN(c2ccc(C(=O)N3CCCN(C)CC3)cc2[N+](=O)[O-])C1. The van der Waals surface area contributed by atoms with Crippen molar-refractivity contribution in [3.05, 3.63) is 33.9 Å². The summed E-state index contributed by atoms with van der Waals surface area (Å²) in [5.74, 6) is 0.896. The number of nitro groups is 1. The number of nitro benzene ring substituents is 1. The Balaban J connectivity index is 1.85. The van der Waals surface area contributed by atoms with Crippen molar-refractivity contribution in [2.24, 2.45) is 11.8 Å². The van der Waals surface area contributed by atoms with Crippen LogP contribution >= 0.6 is 0 Å². The third-order valence-corrected chi connectivity index (χ3v) is 5.64. The quantitative estimate of drug-likeness (QED) is 0.601. The number of hydrogen-bond donors (Lipinski definition) is 0. The van der Waals surface area contributed by atoms with E-state index in [2.05, 4.69) is 23.6 Å². The van der Waals surface area contributed by atoms with Gasteiger partial charge in [-0.15, -0.1) is 0 Å². The fourth-order valence-electron chi connectivity index (χ4n) is 4.36. The largest absolute Gasteiger partial charge is 0.365 e. The highest BCUT2D eigenvalue weighted by molar-refractivity contribution is 5.95. The normalized spacial score (nSPS) is 24.6. The summed E-state index contributed by atoms with van der Waals surface area (Å²) in [6.45, 7) is 9.15. The second-order valence-electron chi connectivity index (χ2n) is 8.26. The number of amides is 1. The summed E-state index contributed by atoms with van der Waals surface area (Å²) in [7, 11) is 2.05. The van der Waals surface area contributed by atoms with Gasteiger partial charge in [0.2, 0.25) is 0 Å². The molecule has 7 nitrogen and oxygen atoms in total. The van der Waals surface area contributed by atoms with Crippen molar-refractivity contribution in [1.29, 1.82) is 0 Å². The summed E-state index contributed by atoms with van der Waals surface area (Å²) in [5, 5.41) is 11.7. The van der Waals surface area contributed by atoms with Gasteiger partial charge in [-0.25, -0.2) is 0 Å². The summed E-state index contributed by atoms with van der Waals surface area (Å²) in [4.78, 5) is 30.4. The van der Waals surface area contributed by atoms with Crippen LogP contribution in [-0.2, 0) is 0 Å². The van der Waals surface area contributed by atoms with E-state index in [9.17, 15) is 14.9 Å². The van der Waals surface area contributed by atoms with Crippen molar-refractivity contribution in [3.8, 4) is 0 Å². The van der Waals surface area contributed by atoms with Crippen LogP contribution in [0.4, 0.5) is 11.4 Å². The fourth-order valence-corrected chi connectivity index (χ4v) is 4.36. The first-order valence-electron chi connectivity index (χ1n) is 9.86. The summed E-state index contributed by atoms with van der Waals surface area (Å²) in [6.07, 6.45) is 2.07. The molecule has 2 unspecified atom stereocenters. The lowest BCUT2D eigenvalue weighted by molar-refractivity contribution is -0.384. The molecule has 2 aliphatic rings. The maximum Gasteiger partial charge on any atom is 0.293 e. The minimum absolute atomic E-state index is 0.0362. The molecular formula is C20H30N4O3. The first kappa shape index (κ1) is 19.6. The molecule has 1 aromatic rings. The Labute approximate surface area is 161 Å². The van der Waals surface area contributed by atoms with Crippen molar-refractivity contribution in [1.82, 2.24) is 9.80 Å². The number of nitrogens with zero attached hydrogens (tertiary/aromatic N) is 4. The summed E-state index contributed by atoms with van der Waals surface area (Å²) in [5.41, 5.74) is 1.08. The smallest absolute Gasteiger partial charge is 0.293 e. The molecule has 2 aliphatic heterocycles. The molecule has 0 saturated carbocycles. The molecule has 148 valence electrons. The highest BCUT2D eigenvalue weighted by atomic mass is 16.6. The van der Waals surface area contributed by atoms with Crippen molar-refractivity contribution in [2.75, 3.05) is 51.2 Å². The summed E-state index contributed by atoms with van der Waals surface area (Å²) < 4.78 is 0. The third-order valence-electron chi connectivity index (χ3n) is 5.64. The Hall–Kier alpha value is -2.15. The van der Waals surface area contributed by atoms with Crippen LogP contribution in [-0.4, -0.2) is 66.9 Å². The van der Waals surface area contributed by atoms with E-state index in [1.54, 1.807) is 12.1 Å². The van der Waals surface area contributed by atoms with Crippen molar-refractivity contribution in [2.45, 2.75) is 26.7 Å². The molecule has 2 heterocycles. The average Bonchev–Trinajstić information content (AvgIpc) is 2.84. The number of rotatable bonds is 3. The third kappa shape index (κ3) is 4.58. The standard InChI is InChI=1S/C20H30N4O3/c1-15-11-16(2)14-23(13-15)18-6-5-17(12-19(18)24(26)27)20(25)22-8-4-7-21(3)9-10-22/h5-6,12,15-16H,4,7-11,13-14H2,1-3H3. The summed E-state index contributed by atoms with van der Waals surface area (Å²) >= 11 is 0. The molecule has 0 bridgehead atoms. The predicted molar refractivity (Wildman–Crippen MR) is 106 cm³/mol. The van der Waals surface area contributed by atoms with E-state index in [0.29, 0.717) is 36.2 Å². The molecular weight excluding hydrogens is 344 g/mol. The van der Waals surface area contributed by atoms with Crippen LogP contribution in [0.2, 0.25) is 0 Å². The molecule has 7 heteroatoms. The lowest BCUT2D eigenvalue weighted by Gasteiger charge is -2.36.